The molecule has 9 amide bonds. The number of carboxylic acid groups (broad SMARTS) is 1. The minimum atomic E-state index is -1.26. The van der Waals surface area contributed by atoms with Crippen LogP contribution in [0.5, 0.6) is 0 Å². The van der Waals surface area contributed by atoms with E-state index >= 15 is 0 Å². The number of carbonyl (C=O) groups is 10. The molecule has 2 saturated carbocycles. The van der Waals surface area contributed by atoms with Gasteiger partial charge < -0.3 is 90.2 Å². The second-order valence-electron chi connectivity index (χ2n) is 26.9. The third kappa shape index (κ3) is 18.4. The fourth-order valence-corrected chi connectivity index (χ4v) is 11.9. The third-order valence-corrected chi connectivity index (χ3v) is 17.0. The van der Waals surface area contributed by atoms with Crippen molar-refractivity contribution >= 4 is 70.9 Å². The lowest BCUT2D eigenvalue weighted by atomic mass is 9.85. The number of nitrogens with one attached hydrogen (secondary N) is 7. The summed E-state index contributed by atoms with van der Waals surface area (Å²) in [6, 6.07) is -5.49. The molecule has 2 aliphatic carbocycles. The van der Waals surface area contributed by atoms with Crippen molar-refractivity contribution in [2.24, 2.45) is 21.1 Å². The average molecular weight is 1270 g/mol. The van der Waals surface area contributed by atoms with Gasteiger partial charge in [0.25, 0.3) is 17.7 Å². The summed E-state index contributed by atoms with van der Waals surface area (Å²) < 4.78 is 32.6. The van der Waals surface area contributed by atoms with Gasteiger partial charge in [0.15, 0.2) is 29.1 Å². The molecule has 8 aliphatic rings. The van der Waals surface area contributed by atoms with Crippen molar-refractivity contribution in [2.45, 2.75) is 236 Å². The molecule has 8 N–H and O–H groups in total. The molecule has 504 valence electrons. The summed E-state index contributed by atoms with van der Waals surface area (Å²) in [5.74, 6) is -4.41. The smallest absolute Gasteiger partial charge is 0.408 e. The first-order chi connectivity index (χ1) is 42.6. The molecular weight excluding hydrogens is 1180 g/mol. The summed E-state index contributed by atoms with van der Waals surface area (Å²) in [4.78, 5) is 147. The Morgan fingerprint density at radius 3 is 1.32 bits per heavy atom. The Labute approximate surface area is 525 Å². The van der Waals surface area contributed by atoms with Crippen LogP contribution < -0.4 is 37.2 Å². The first-order valence-corrected chi connectivity index (χ1v) is 31.6. The van der Waals surface area contributed by atoms with E-state index in [2.05, 4.69) is 47.5 Å². The second-order valence-corrected chi connectivity index (χ2v) is 26.9. The van der Waals surface area contributed by atoms with E-state index < -0.39 is 124 Å². The zero-order chi connectivity index (χ0) is 65.9. The monoisotopic (exact) mass is 1270 g/mol. The van der Waals surface area contributed by atoms with Gasteiger partial charge in [-0.2, -0.15) is 0 Å². The Morgan fingerprint density at radius 1 is 0.600 bits per heavy atom. The lowest BCUT2D eigenvalue weighted by Gasteiger charge is -2.36. The van der Waals surface area contributed by atoms with Crippen molar-refractivity contribution in [3.05, 3.63) is 0 Å². The minimum absolute atomic E-state index is 0.0441. The Morgan fingerprint density at radius 2 is 1.00 bits per heavy atom. The van der Waals surface area contributed by atoms with E-state index in [1.165, 1.54) is 24.0 Å². The lowest BCUT2D eigenvalue weighted by molar-refractivity contribution is -0.143. The predicted molar refractivity (Wildman–Crippen MR) is 320 cm³/mol. The van der Waals surface area contributed by atoms with Crippen LogP contribution in [0.15, 0.2) is 10.3 Å². The zero-order valence-corrected chi connectivity index (χ0v) is 53.9. The van der Waals surface area contributed by atoms with Crippen LogP contribution in [0.3, 0.4) is 0 Å². The molecule has 6 aliphatic heterocycles. The Kier molecular flexibility index (Phi) is 23.9. The first-order valence-electron chi connectivity index (χ1n) is 31.6. The lowest BCUT2D eigenvalue weighted by Crippen LogP contribution is -2.60. The van der Waals surface area contributed by atoms with E-state index in [4.69, 9.17) is 38.1 Å². The number of ether oxygens (including phenoxy) is 6. The SMILES string of the molecule is CCC[C@H](NC(=O)[C@@H]1C[C@]2(CC(C(=O)NCC)=NO2)CN1C(=O)[C@@H](NC(=O)O[C@H]1CCOC1)C(C)(C)C)C(OC)C(=O)NC1CC1.CCC[C@H](NC(=O)[C@@H]1C[C@]2(CC(C(=O)O)=NO2)CN1C(=O)[C@@H](NC(=O)O[C@H]1CCOC1)C(C)(C)C)C(OC)C(=O)NC1CC1. The van der Waals surface area contributed by atoms with Crippen LogP contribution in [0.2, 0.25) is 0 Å². The van der Waals surface area contributed by atoms with E-state index in [1.54, 1.807) is 48.5 Å². The highest BCUT2D eigenvalue weighted by molar-refractivity contribution is 6.39. The Balaban J connectivity index is 0.000000256. The molecule has 6 fully saturated rings. The largest absolute Gasteiger partial charge is 0.477 e. The van der Waals surface area contributed by atoms with Gasteiger partial charge in [0, 0.05) is 71.4 Å². The van der Waals surface area contributed by atoms with Crippen molar-refractivity contribution in [1.29, 1.82) is 0 Å². The maximum Gasteiger partial charge on any atom is 0.408 e. The molecular formula is C60H95N11O19. The summed E-state index contributed by atoms with van der Waals surface area (Å²) in [6.45, 7) is 18.1. The van der Waals surface area contributed by atoms with Gasteiger partial charge in [-0.05, 0) is 56.3 Å². The van der Waals surface area contributed by atoms with Gasteiger partial charge in [0.2, 0.25) is 23.6 Å². The molecule has 12 atom stereocenters. The number of hydrogen-bond acceptors (Lipinski definition) is 20. The van der Waals surface area contributed by atoms with Crippen LogP contribution in [0, 0.1) is 10.8 Å². The van der Waals surface area contributed by atoms with Crippen LogP contribution in [-0.4, -0.2) is 230 Å². The van der Waals surface area contributed by atoms with Crippen molar-refractivity contribution in [3.8, 4) is 0 Å². The van der Waals surface area contributed by atoms with Crippen LogP contribution in [0.25, 0.3) is 0 Å². The number of likely N-dealkylation sites (tertiary alicyclic amines) is 2. The fourth-order valence-electron chi connectivity index (χ4n) is 11.9. The van der Waals surface area contributed by atoms with Gasteiger partial charge in [-0.25, -0.2) is 14.4 Å². The molecule has 8 rings (SSSR count). The molecule has 30 heteroatoms. The van der Waals surface area contributed by atoms with Crippen LogP contribution in [0.4, 0.5) is 9.59 Å². The van der Waals surface area contributed by atoms with E-state index in [9.17, 15) is 53.1 Å². The predicted octanol–water partition coefficient (Wildman–Crippen LogP) is 1.44. The first kappa shape index (κ1) is 70.5. The average Bonchev–Trinajstić information content (AvgIpc) is 1.63. The van der Waals surface area contributed by atoms with Crippen LogP contribution in [-0.2, 0) is 76.5 Å². The number of amides is 9. The molecule has 0 aromatic carbocycles. The summed E-state index contributed by atoms with van der Waals surface area (Å²) >= 11 is 0. The minimum Gasteiger partial charge on any atom is -0.477 e. The summed E-state index contributed by atoms with van der Waals surface area (Å²) in [7, 11) is 2.83. The van der Waals surface area contributed by atoms with Gasteiger partial charge >= 0.3 is 18.2 Å². The highest BCUT2D eigenvalue weighted by Crippen LogP contribution is 2.41. The van der Waals surface area contributed by atoms with Gasteiger partial charge in [0.05, 0.1) is 51.6 Å². The summed E-state index contributed by atoms with van der Waals surface area (Å²) in [5.41, 5.74) is -4.00. The summed E-state index contributed by atoms with van der Waals surface area (Å²) in [6.07, 6.45) is 2.57. The fraction of sp³-hybridized carbons (Fsp3) is 0.800. The van der Waals surface area contributed by atoms with Crippen molar-refractivity contribution < 1.29 is 91.1 Å². The van der Waals surface area contributed by atoms with E-state index in [1.807, 2.05) is 13.8 Å². The molecule has 6 heterocycles. The molecule has 0 bridgehead atoms. The highest BCUT2D eigenvalue weighted by Gasteiger charge is 2.58. The number of oxime groups is 2. The molecule has 0 aromatic heterocycles. The maximum absolute atomic E-state index is 14.4. The molecule has 2 spiro atoms. The van der Waals surface area contributed by atoms with E-state index in [0.29, 0.717) is 58.3 Å². The van der Waals surface area contributed by atoms with Crippen molar-refractivity contribution in [1.82, 2.24) is 47.0 Å². The molecule has 0 radical (unpaired) electrons. The van der Waals surface area contributed by atoms with E-state index in [0.717, 1.165) is 25.7 Å². The zero-order valence-electron chi connectivity index (χ0n) is 53.9. The molecule has 90 heavy (non-hydrogen) atoms. The number of aliphatic carboxylic acids is 1. The Bertz CT molecular complexity index is 2680. The molecule has 30 nitrogen and oxygen atoms in total. The topological polar surface area (TPSA) is 380 Å². The van der Waals surface area contributed by atoms with Gasteiger partial charge in [-0.1, -0.05) is 78.5 Å². The number of carboxylic acids is 1. The number of rotatable bonds is 25. The van der Waals surface area contributed by atoms with E-state index in [-0.39, 0.29) is 93.2 Å². The Hall–Kier alpha value is -6.92. The van der Waals surface area contributed by atoms with Crippen LogP contribution in [0.1, 0.15) is 152 Å². The normalized spacial score (nSPS) is 26.4. The number of hydrogen-bond donors (Lipinski definition) is 8. The number of alkyl carbamates (subject to hydrolysis) is 2. The van der Waals surface area contributed by atoms with Crippen molar-refractivity contribution in [2.75, 3.05) is 60.3 Å². The van der Waals surface area contributed by atoms with Gasteiger partial charge in [-0.3, -0.25) is 33.6 Å². The van der Waals surface area contributed by atoms with Crippen LogP contribution >= 0.6 is 0 Å². The number of nitrogens with zero attached hydrogens (tertiary/aromatic N) is 4. The quantitative estimate of drug-likeness (QED) is 0.0641. The molecule has 2 unspecified atom stereocenters. The van der Waals surface area contributed by atoms with Crippen molar-refractivity contribution in [3.63, 3.8) is 0 Å². The number of methoxy groups -OCH3 is 2. The molecule has 4 saturated heterocycles. The standard InChI is InChI=1S/C31H50N6O9.C29H45N5O10/c1-7-9-20(23(43-6)27(40)33-18-10-11-18)34-26(39)22-15-31(14-21(36-46-31)25(38)32-8-2)17-37(22)28(41)24(30(3,4)5)35-29(42)45-19-12-13-44-16-19;1-6-7-18(21(41-5)24(36)30-16-8-9-16)31-23(35)20-13-29(12-19(26(38)39)33-44-29)15-34(20)25(37)22(28(2,3)4)32-27(40)43-17-10-11-42-14-17/h18-20,22-24H,7-17H2,1-6H3,(H,32,38)(H,33,40)(H,34,39)(H,35,42);16-18,20-22H,6-15H2,1-5H3,(H,30,36)(H,31,35)(H,32,40)(H,38,39)/t19-,20-,22-,23?,24+,31+;17-,18-,20-,21?,22+,29+/m00/s1. The highest BCUT2D eigenvalue weighted by atomic mass is 16.7. The summed E-state index contributed by atoms with van der Waals surface area (Å²) in [5, 5.41) is 37.1. The molecule has 0 aromatic rings. The number of carbonyl (C=O) groups excluding carboxylic acids is 9. The second kappa shape index (κ2) is 30.5. The van der Waals surface area contributed by atoms with Gasteiger partial charge in [0.1, 0.15) is 42.1 Å². The maximum atomic E-state index is 14.4. The third-order valence-electron chi connectivity index (χ3n) is 17.0. The van der Waals surface area contributed by atoms with Gasteiger partial charge in [-0.15, -0.1) is 0 Å².